The molecule has 0 radical (unpaired) electrons. The van der Waals surface area contributed by atoms with E-state index in [9.17, 15) is 0 Å². The average Bonchev–Trinajstić information content (AvgIpc) is 2.41. The lowest BCUT2D eigenvalue weighted by molar-refractivity contribution is 0.0544. The summed E-state index contributed by atoms with van der Waals surface area (Å²) in [4.78, 5) is 2.77. The number of nitrogens with zero attached hydrogens (tertiary/aromatic N) is 1. The van der Waals surface area contributed by atoms with Crippen molar-refractivity contribution in [3.63, 3.8) is 0 Å². The Labute approximate surface area is 127 Å². The van der Waals surface area contributed by atoms with Crippen molar-refractivity contribution < 1.29 is 0 Å². The van der Waals surface area contributed by atoms with Gasteiger partial charge in [-0.05, 0) is 43.9 Å². The molecule has 0 aromatic heterocycles. The SMILES string of the molecule is CCCC1CCC(N)C(N(CC(C)C)C(CC)CC)C1. The van der Waals surface area contributed by atoms with Crippen LogP contribution in [0.2, 0.25) is 0 Å². The predicted octanol–water partition coefficient (Wildman–Crippen LogP) is 4.43. The highest BCUT2D eigenvalue weighted by atomic mass is 15.2. The molecule has 1 rings (SSSR count). The number of nitrogens with two attached hydrogens (primary N) is 1. The van der Waals surface area contributed by atoms with E-state index in [0.29, 0.717) is 18.1 Å². The molecule has 1 fully saturated rings. The minimum absolute atomic E-state index is 0.391. The highest BCUT2D eigenvalue weighted by molar-refractivity contribution is 4.91. The van der Waals surface area contributed by atoms with Crippen molar-refractivity contribution in [2.45, 2.75) is 97.7 Å². The predicted molar refractivity (Wildman–Crippen MR) is 89.9 cm³/mol. The standard InChI is InChI=1S/C18H38N2/c1-6-9-15-10-11-17(19)18(12-15)20(13-14(4)5)16(7-2)8-3/h14-18H,6-13,19H2,1-5H3. The van der Waals surface area contributed by atoms with E-state index < -0.39 is 0 Å². The van der Waals surface area contributed by atoms with Gasteiger partial charge in [-0.25, -0.2) is 0 Å². The van der Waals surface area contributed by atoms with Crippen LogP contribution < -0.4 is 5.73 Å². The Kier molecular flexibility index (Phi) is 8.13. The molecule has 2 N–H and O–H groups in total. The van der Waals surface area contributed by atoms with Crippen LogP contribution in [-0.2, 0) is 0 Å². The summed E-state index contributed by atoms with van der Waals surface area (Å²) in [7, 11) is 0. The lowest BCUT2D eigenvalue weighted by atomic mass is 9.79. The Hall–Kier alpha value is -0.0800. The lowest BCUT2D eigenvalue weighted by Crippen LogP contribution is -2.55. The molecular formula is C18H38N2. The molecule has 20 heavy (non-hydrogen) atoms. The Bertz CT molecular complexity index is 248. The van der Waals surface area contributed by atoms with Crippen molar-refractivity contribution in [2.24, 2.45) is 17.6 Å². The molecule has 3 atom stereocenters. The van der Waals surface area contributed by atoms with Gasteiger partial charge in [-0.3, -0.25) is 4.90 Å². The molecule has 0 bridgehead atoms. The quantitative estimate of drug-likeness (QED) is 0.713. The van der Waals surface area contributed by atoms with E-state index in [1.54, 1.807) is 0 Å². The van der Waals surface area contributed by atoms with E-state index in [4.69, 9.17) is 5.73 Å². The number of hydrogen-bond donors (Lipinski definition) is 1. The first-order chi connectivity index (χ1) is 9.53. The second-order valence-electron chi connectivity index (χ2n) is 7.26. The molecule has 1 aliphatic rings. The molecule has 0 spiro atoms. The van der Waals surface area contributed by atoms with E-state index in [1.807, 2.05) is 0 Å². The maximum atomic E-state index is 6.52. The van der Waals surface area contributed by atoms with E-state index in [1.165, 1.54) is 51.5 Å². The van der Waals surface area contributed by atoms with E-state index in [-0.39, 0.29) is 0 Å². The minimum atomic E-state index is 0.391. The summed E-state index contributed by atoms with van der Waals surface area (Å²) in [5.74, 6) is 1.64. The molecule has 120 valence electrons. The minimum Gasteiger partial charge on any atom is -0.326 e. The zero-order valence-corrected chi connectivity index (χ0v) is 14.6. The lowest BCUT2D eigenvalue weighted by Gasteiger charge is -2.45. The van der Waals surface area contributed by atoms with Crippen LogP contribution in [0.15, 0.2) is 0 Å². The molecule has 3 unspecified atom stereocenters. The first-order valence-electron chi connectivity index (χ1n) is 9.04. The van der Waals surface area contributed by atoms with Gasteiger partial charge in [-0.1, -0.05) is 47.5 Å². The van der Waals surface area contributed by atoms with Crippen LogP contribution in [0, 0.1) is 11.8 Å². The van der Waals surface area contributed by atoms with Crippen molar-refractivity contribution >= 4 is 0 Å². The Morgan fingerprint density at radius 1 is 1.10 bits per heavy atom. The Morgan fingerprint density at radius 2 is 1.75 bits per heavy atom. The van der Waals surface area contributed by atoms with Gasteiger partial charge in [-0.15, -0.1) is 0 Å². The number of hydrogen-bond acceptors (Lipinski definition) is 2. The molecule has 2 heteroatoms. The van der Waals surface area contributed by atoms with Crippen LogP contribution in [0.5, 0.6) is 0 Å². The topological polar surface area (TPSA) is 29.3 Å². The summed E-state index contributed by atoms with van der Waals surface area (Å²) < 4.78 is 0. The molecule has 0 aromatic carbocycles. The molecular weight excluding hydrogens is 244 g/mol. The van der Waals surface area contributed by atoms with Gasteiger partial charge < -0.3 is 5.73 Å². The maximum Gasteiger partial charge on any atom is 0.0252 e. The molecule has 0 amide bonds. The fraction of sp³-hybridized carbons (Fsp3) is 1.00. The van der Waals surface area contributed by atoms with Crippen molar-refractivity contribution in [2.75, 3.05) is 6.54 Å². The summed E-state index contributed by atoms with van der Waals surface area (Å²) in [5.41, 5.74) is 6.52. The highest BCUT2D eigenvalue weighted by Crippen LogP contribution is 2.32. The van der Waals surface area contributed by atoms with Gasteiger partial charge in [0.25, 0.3) is 0 Å². The first-order valence-corrected chi connectivity index (χ1v) is 9.04. The molecule has 0 aliphatic heterocycles. The van der Waals surface area contributed by atoms with Crippen LogP contribution in [-0.4, -0.2) is 29.6 Å². The van der Waals surface area contributed by atoms with Crippen molar-refractivity contribution in [3.05, 3.63) is 0 Å². The highest BCUT2D eigenvalue weighted by Gasteiger charge is 2.34. The van der Waals surface area contributed by atoms with Gasteiger partial charge in [0.1, 0.15) is 0 Å². The molecule has 1 aliphatic carbocycles. The fourth-order valence-electron chi connectivity index (χ4n) is 4.04. The first kappa shape index (κ1) is 18.0. The van der Waals surface area contributed by atoms with Crippen LogP contribution >= 0.6 is 0 Å². The van der Waals surface area contributed by atoms with Crippen LogP contribution in [0.1, 0.15) is 79.6 Å². The van der Waals surface area contributed by atoms with Crippen LogP contribution in [0.25, 0.3) is 0 Å². The van der Waals surface area contributed by atoms with Gasteiger partial charge in [-0.2, -0.15) is 0 Å². The fourth-order valence-corrected chi connectivity index (χ4v) is 4.04. The van der Waals surface area contributed by atoms with Crippen molar-refractivity contribution in [3.8, 4) is 0 Å². The van der Waals surface area contributed by atoms with Crippen LogP contribution in [0.4, 0.5) is 0 Å². The third-order valence-corrected chi connectivity index (χ3v) is 5.09. The van der Waals surface area contributed by atoms with Crippen molar-refractivity contribution in [1.29, 1.82) is 0 Å². The zero-order chi connectivity index (χ0) is 15.1. The Balaban J connectivity index is 2.79. The molecule has 0 heterocycles. The molecule has 0 saturated heterocycles. The summed E-state index contributed by atoms with van der Waals surface area (Å²) in [6.07, 6.45) is 9.13. The van der Waals surface area contributed by atoms with Gasteiger partial charge in [0.15, 0.2) is 0 Å². The Morgan fingerprint density at radius 3 is 2.25 bits per heavy atom. The summed E-state index contributed by atoms with van der Waals surface area (Å²) in [6.45, 7) is 12.9. The average molecular weight is 283 g/mol. The normalized spacial score (nSPS) is 27.8. The van der Waals surface area contributed by atoms with Gasteiger partial charge in [0, 0.05) is 24.7 Å². The molecule has 2 nitrogen and oxygen atoms in total. The van der Waals surface area contributed by atoms with E-state index in [2.05, 4.69) is 39.5 Å². The maximum absolute atomic E-state index is 6.52. The third kappa shape index (κ3) is 5.04. The van der Waals surface area contributed by atoms with Gasteiger partial charge >= 0.3 is 0 Å². The summed E-state index contributed by atoms with van der Waals surface area (Å²) in [6, 6.07) is 1.73. The van der Waals surface area contributed by atoms with Gasteiger partial charge in [0.05, 0.1) is 0 Å². The summed E-state index contributed by atoms with van der Waals surface area (Å²) in [5, 5.41) is 0. The summed E-state index contributed by atoms with van der Waals surface area (Å²) >= 11 is 0. The van der Waals surface area contributed by atoms with Gasteiger partial charge in [0.2, 0.25) is 0 Å². The molecule has 0 aromatic rings. The van der Waals surface area contributed by atoms with E-state index in [0.717, 1.165) is 11.8 Å². The van der Waals surface area contributed by atoms with E-state index >= 15 is 0 Å². The zero-order valence-electron chi connectivity index (χ0n) is 14.6. The second-order valence-corrected chi connectivity index (χ2v) is 7.26. The third-order valence-electron chi connectivity index (χ3n) is 5.09. The molecule has 1 saturated carbocycles. The van der Waals surface area contributed by atoms with Crippen molar-refractivity contribution in [1.82, 2.24) is 4.90 Å². The van der Waals surface area contributed by atoms with Crippen LogP contribution in [0.3, 0.4) is 0 Å². The second kappa shape index (κ2) is 9.04. The largest absolute Gasteiger partial charge is 0.326 e. The number of rotatable bonds is 8. The smallest absolute Gasteiger partial charge is 0.0252 e. The monoisotopic (exact) mass is 282 g/mol.